The van der Waals surface area contributed by atoms with Crippen LogP contribution in [0.25, 0.3) is 11.4 Å². The van der Waals surface area contributed by atoms with Gasteiger partial charge in [0, 0.05) is 30.9 Å². The Bertz CT molecular complexity index is 862. The number of nitrogens with zero attached hydrogens (tertiary/aromatic N) is 6. The van der Waals surface area contributed by atoms with E-state index in [1.807, 2.05) is 18.3 Å². The molecule has 1 fully saturated rings. The van der Waals surface area contributed by atoms with Crippen molar-refractivity contribution >= 4 is 11.8 Å². The van der Waals surface area contributed by atoms with Crippen LogP contribution in [0.3, 0.4) is 0 Å². The predicted octanol–water partition coefficient (Wildman–Crippen LogP) is 4.08. The zero-order valence-corrected chi connectivity index (χ0v) is 15.8. The summed E-state index contributed by atoms with van der Waals surface area (Å²) in [4.78, 5) is 4.25. The van der Waals surface area contributed by atoms with Gasteiger partial charge in [0.1, 0.15) is 0 Å². The molecule has 0 bridgehead atoms. The molecule has 0 saturated heterocycles. The average Bonchev–Trinajstić information content (AvgIpc) is 3.27. The smallest absolute Gasteiger partial charge is 0.226 e. The second-order valence-corrected chi connectivity index (χ2v) is 7.69. The van der Waals surface area contributed by atoms with Gasteiger partial charge in [-0.05, 0) is 30.9 Å². The summed E-state index contributed by atoms with van der Waals surface area (Å²) in [6, 6.07) is 4.38. The normalized spacial score (nSPS) is 20.4. The lowest BCUT2D eigenvalue weighted by atomic mass is 9.85. The number of pyridine rings is 1. The minimum atomic E-state index is 0.404. The molecule has 136 valence electrons. The Hall–Kier alpha value is -2.22. The van der Waals surface area contributed by atoms with Crippen molar-refractivity contribution in [3.63, 3.8) is 0 Å². The van der Waals surface area contributed by atoms with Gasteiger partial charge in [0.2, 0.25) is 11.8 Å². The van der Waals surface area contributed by atoms with E-state index >= 15 is 0 Å². The van der Waals surface area contributed by atoms with Crippen LogP contribution in [0.2, 0.25) is 0 Å². The van der Waals surface area contributed by atoms with Crippen molar-refractivity contribution in [2.75, 3.05) is 0 Å². The van der Waals surface area contributed by atoms with Crippen LogP contribution in [-0.2, 0) is 5.75 Å². The highest BCUT2D eigenvalue weighted by Crippen LogP contribution is 2.39. The van der Waals surface area contributed by atoms with Crippen LogP contribution in [0.15, 0.2) is 34.1 Å². The molecule has 0 spiro atoms. The molecule has 3 aromatic heterocycles. The number of thioether (sulfide) groups is 1. The molecule has 0 aromatic carbocycles. The number of aryl methyl sites for hydroxylation is 1. The first-order chi connectivity index (χ1) is 12.7. The first-order valence-electron chi connectivity index (χ1n) is 8.99. The lowest BCUT2D eigenvalue weighted by molar-refractivity contribution is 0.247. The molecule has 0 amide bonds. The van der Waals surface area contributed by atoms with Gasteiger partial charge in [-0.15, -0.1) is 20.4 Å². The van der Waals surface area contributed by atoms with Crippen molar-refractivity contribution in [2.24, 2.45) is 5.92 Å². The molecule has 0 unspecified atom stereocenters. The Morgan fingerprint density at radius 1 is 1.19 bits per heavy atom. The van der Waals surface area contributed by atoms with Gasteiger partial charge in [0.15, 0.2) is 11.0 Å². The Labute approximate surface area is 156 Å². The first kappa shape index (κ1) is 17.2. The number of hydrogen-bond acceptors (Lipinski definition) is 7. The van der Waals surface area contributed by atoms with Crippen molar-refractivity contribution in [2.45, 2.75) is 56.5 Å². The van der Waals surface area contributed by atoms with Gasteiger partial charge in [-0.3, -0.25) is 9.55 Å². The first-order valence-corrected chi connectivity index (χ1v) is 9.98. The van der Waals surface area contributed by atoms with Crippen molar-refractivity contribution in [3.05, 3.63) is 36.3 Å². The molecule has 2 atom stereocenters. The lowest BCUT2D eigenvalue weighted by Crippen LogP contribution is -2.22. The standard InChI is InChI=1S/C18H22N6OS/c1-12-6-3-4-8-15(12)24-17(14-7-5-9-19-10-14)22-23-18(24)26-11-16-21-20-13(2)25-16/h5,7,9-10,12,15H,3-4,6,8,11H2,1-2H3/t12-,15+/m1/s1. The molecule has 0 aliphatic heterocycles. The molecule has 26 heavy (non-hydrogen) atoms. The highest BCUT2D eigenvalue weighted by molar-refractivity contribution is 7.98. The predicted molar refractivity (Wildman–Crippen MR) is 98.5 cm³/mol. The van der Waals surface area contributed by atoms with E-state index in [0.717, 1.165) is 23.0 Å². The van der Waals surface area contributed by atoms with E-state index in [9.17, 15) is 0 Å². The monoisotopic (exact) mass is 370 g/mol. The van der Waals surface area contributed by atoms with Gasteiger partial charge in [0.05, 0.1) is 5.75 Å². The SMILES string of the molecule is Cc1nnc(CSc2nnc(-c3cccnc3)n2[C@H]2CCCC[C@H]2C)o1. The summed E-state index contributed by atoms with van der Waals surface area (Å²) in [7, 11) is 0. The third kappa shape index (κ3) is 3.51. The minimum Gasteiger partial charge on any atom is -0.425 e. The van der Waals surface area contributed by atoms with Crippen LogP contribution >= 0.6 is 11.8 Å². The number of rotatable bonds is 5. The summed E-state index contributed by atoms with van der Waals surface area (Å²) in [5, 5.41) is 17.9. The Balaban J connectivity index is 1.67. The third-order valence-electron chi connectivity index (χ3n) is 4.87. The number of aromatic nitrogens is 6. The molecule has 1 saturated carbocycles. The Morgan fingerprint density at radius 2 is 2.08 bits per heavy atom. The largest absolute Gasteiger partial charge is 0.425 e. The Kier molecular flexibility index (Phi) is 5.01. The summed E-state index contributed by atoms with van der Waals surface area (Å²) in [5.74, 6) is 3.27. The van der Waals surface area contributed by atoms with Crippen LogP contribution in [0, 0.1) is 12.8 Å². The van der Waals surface area contributed by atoms with Crippen LogP contribution in [0.1, 0.15) is 50.4 Å². The van der Waals surface area contributed by atoms with Crippen molar-refractivity contribution in [1.29, 1.82) is 0 Å². The van der Waals surface area contributed by atoms with Crippen LogP contribution in [0.4, 0.5) is 0 Å². The molecule has 0 N–H and O–H groups in total. The molecular weight excluding hydrogens is 348 g/mol. The second kappa shape index (κ2) is 7.57. The fraction of sp³-hybridized carbons (Fsp3) is 0.500. The summed E-state index contributed by atoms with van der Waals surface area (Å²) >= 11 is 1.60. The molecule has 1 aliphatic carbocycles. The molecule has 3 aromatic rings. The fourth-order valence-electron chi connectivity index (χ4n) is 3.57. The van der Waals surface area contributed by atoms with E-state index in [0.29, 0.717) is 29.5 Å². The molecule has 4 rings (SSSR count). The van der Waals surface area contributed by atoms with E-state index in [2.05, 4.69) is 36.9 Å². The summed E-state index contributed by atoms with van der Waals surface area (Å²) < 4.78 is 7.79. The van der Waals surface area contributed by atoms with Crippen molar-refractivity contribution < 1.29 is 4.42 Å². The van der Waals surface area contributed by atoms with E-state index in [1.54, 1.807) is 24.9 Å². The highest BCUT2D eigenvalue weighted by Gasteiger charge is 2.28. The lowest BCUT2D eigenvalue weighted by Gasteiger charge is -2.31. The van der Waals surface area contributed by atoms with Gasteiger partial charge < -0.3 is 4.42 Å². The van der Waals surface area contributed by atoms with Gasteiger partial charge in [-0.25, -0.2) is 0 Å². The molecular formula is C18H22N6OS. The summed E-state index contributed by atoms with van der Waals surface area (Å²) in [5.41, 5.74) is 0.998. The maximum atomic E-state index is 5.49. The fourth-order valence-corrected chi connectivity index (χ4v) is 4.40. The van der Waals surface area contributed by atoms with E-state index < -0.39 is 0 Å². The third-order valence-corrected chi connectivity index (χ3v) is 5.80. The zero-order valence-electron chi connectivity index (χ0n) is 15.0. The van der Waals surface area contributed by atoms with E-state index in [1.165, 1.54) is 19.3 Å². The molecule has 7 nitrogen and oxygen atoms in total. The van der Waals surface area contributed by atoms with Crippen LogP contribution in [0.5, 0.6) is 0 Å². The molecule has 0 radical (unpaired) electrons. The van der Waals surface area contributed by atoms with Crippen LogP contribution in [-0.4, -0.2) is 29.9 Å². The summed E-state index contributed by atoms with van der Waals surface area (Å²) in [6.07, 6.45) is 8.56. The average molecular weight is 370 g/mol. The minimum absolute atomic E-state index is 0.404. The second-order valence-electron chi connectivity index (χ2n) is 6.75. The highest BCUT2D eigenvalue weighted by atomic mass is 32.2. The van der Waals surface area contributed by atoms with Gasteiger partial charge in [0.25, 0.3) is 0 Å². The maximum Gasteiger partial charge on any atom is 0.226 e. The number of hydrogen-bond donors (Lipinski definition) is 0. The molecule has 1 aliphatic rings. The molecule has 3 heterocycles. The van der Waals surface area contributed by atoms with E-state index in [-0.39, 0.29) is 0 Å². The molecule has 8 heteroatoms. The van der Waals surface area contributed by atoms with Crippen LogP contribution < -0.4 is 0 Å². The van der Waals surface area contributed by atoms with Crippen molar-refractivity contribution in [1.82, 2.24) is 29.9 Å². The van der Waals surface area contributed by atoms with Crippen molar-refractivity contribution in [3.8, 4) is 11.4 Å². The Morgan fingerprint density at radius 3 is 2.81 bits per heavy atom. The van der Waals surface area contributed by atoms with Gasteiger partial charge in [-0.2, -0.15) is 0 Å². The zero-order chi connectivity index (χ0) is 17.9. The van der Waals surface area contributed by atoms with Gasteiger partial charge in [-0.1, -0.05) is 31.5 Å². The summed E-state index contributed by atoms with van der Waals surface area (Å²) in [6.45, 7) is 4.13. The topological polar surface area (TPSA) is 82.5 Å². The quantitative estimate of drug-likeness (QED) is 0.626. The maximum absolute atomic E-state index is 5.49. The van der Waals surface area contributed by atoms with Gasteiger partial charge >= 0.3 is 0 Å². The van der Waals surface area contributed by atoms with E-state index in [4.69, 9.17) is 4.42 Å².